The number of hydrogen-bond acceptors (Lipinski definition) is 8. The van der Waals surface area contributed by atoms with E-state index in [0.717, 1.165) is 48.5 Å². The van der Waals surface area contributed by atoms with Crippen molar-refractivity contribution in [3.05, 3.63) is 68.8 Å². The van der Waals surface area contributed by atoms with Gasteiger partial charge >= 0.3 is 7.75 Å². The second kappa shape index (κ2) is 8.83. The van der Waals surface area contributed by atoms with Crippen LogP contribution in [-0.4, -0.2) is 19.5 Å². The minimum atomic E-state index is -4.59. The fraction of sp³-hybridized carbons (Fsp3) is 0.0714. The van der Waals surface area contributed by atoms with Crippen LogP contribution in [0.2, 0.25) is 0 Å². The highest BCUT2D eigenvalue weighted by molar-refractivity contribution is 7.53. The van der Waals surface area contributed by atoms with Gasteiger partial charge in [0.2, 0.25) is 0 Å². The molecule has 11 nitrogen and oxygen atoms in total. The number of non-ortho nitro benzene ring substituents is 2. The van der Waals surface area contributed by atoms with Crippen LogP contribution in [0, 0.1) is 20.2 Å². The Morgan fingerprint density at radius 2 is 1.21 bits per heavy atom. The number of nitrogens with one attached hydrogen (secondary N) is 1. The lowest BCUT2D eigenvalue weighted by Gasteiger charge is -2.21. The zero-order valence-electron chi connectivity index (χ0n) is 13.9. The van der Waals surface area contributed by atoms with Crippen molar-refractivity contribution in [2.45, 2.75) is 3.79 Å². The Labute approximate surface area is 177 Å². The number of hydrogen-bond donors (Lipinski definition) is 1. The molecule has 0 saturated carbocycles. The van der Waals surface area contributed by atoms with E-state index in [2.05, 4.69) is 0 Å². The molecule has 154 valence electrons. The van der Waals surface area contributed by atoms with Gasteiger partial charge < -0.3 is 9.05 Å². The van der Waals surface area contributed by atoms with Gasteiger partial charge in [0.15, 0.2) is 0 Å². The molecule has 2 aromatic rings. The van der Waals surface area contributed by atoms with E-state index in [0.29, 0.717) is 0 Å². The molecule has 0 aliphatic carbocycles. The highest BCUT2D eigenvalue weighted by atomic mass is 35.6. The van der Waals surface area contributed by atoms with E-state index in [-0.39, 0.29) is 22.9 Å². The van der Waals surface area contributed by atoms with Gasteiger partial charge in [-0.1, -0.05) is 34.8 Å². The third-order valence-corrected chi connectivity index (χ3v) is 4.94. The predicted octanol–water partition coefficient (Wildman–Crippen LogP) is 4.56. The maximum Gasteiger partial charge on any atom is 0.544 e. The van der Waals surface area contributed by atoms with Gasteiger partial charge in [0.1, 0.15) is 11.5 Å². The first kappa shape index (κ1) is 22.7. The second-order valence-electron chi connectivity index (χ2n) is 5.12. The number of alkyl halides is 3. The van der Waals surface area contributed by atoms with E-state index in [4.69, 9.17) is 43.9 Å². The zero-order chi connectivity index (χ0) is 21.8. The SMILES string of the molecule is O=C(NP(=O)(Oc1ccc([N+](=O)[O-])cc1)Oc1ccc([N+](=O)[O-])cc1)C(Cl)(Cl)Cl. The minimum absolute atomic E-state index is 0.175. The molecule has 15 heteroatoms. The summed E-state index contributed by atoms with van der Waals surface area (Å²) in [6.45, 7) is 0. The molecule has 0 aromatic heterocycles. The summed E-state index contributed by atoms with van der Waals surface area (Å²) in [6, 6.07) is 8.64. The van der Waals surface area contributed by atoms with Gasteiger partial charge in [0.25, 0.3) is 21.1 Å². The van der Waals surface area contributed by atoms with Crippen molar-refractivity contribution in [2.75, 3.05) is 0 Å². The van der Waals surface area contributed by atoms with Crippen LogP contribution in [0.5, 0.6) is 11.5 Å². The molecule has 1 amide bonds. The summed E-state index contributed by atoms with van der Waals surface area (Å²) in [5.41, 5.74) is -0.539. The molecule has 0 fully saturated rings. The summed E-state index contributed by atoms with van der Waals surface area (Å²) < 4.78 is 20.8. The van der Waals surface area contributed by atoms with Crippen LogP contribution in [0.1, 0.15) is 0 Å². The maximum atomic E-state index is 13.0. The summed E-state index contributed by atoms with van der Waals surface area (Å²) >= 11 is 16.3. The molecule has 0 heterocycles. The van der Waals surface area contributed by atoms with E-state index < -0.39 is 27.3 Å². The van der Waals surface area contributed by atoms with Crippen LogP contribution >= 0.6 is 42.5 Å². The quantitative estimate of drug-likeness (QED) is 0.260. The molecule has 0 aliphatic rings. The summed E-state index contributed by atoms with van der Waals surface area (Å²) in [5, 5.41) is 23.2. The van der Waals surface area contributed by atoms with E-state index in [1.807, 2.05) is 5.09 Å². The molecular formula is C14H9Cl3N3O8P. The number of amides is 1. The third-order valence-electron chi connectivity index (χ3n) is 3.04. The number of nitro benzene ring substituents is 2. The zero-order valence-corrected chi connectivity index (χ0v) is 17.0. The first-order valence-electron chi connectivity index (χ1n) is 7.27. The van der Waals surface area contributed by atoms with Crippen LogP contribution in [0.15, 0.2) is 48.5 Å². The molecule has 0 bridgehead atoms. The number of carbonyl (C=O) groups is 1. The van der Waals surface area contributed by atoms with Gasteiger partial charge in [0.05, 0.1) is 9.85 Å². The second-order valence-corrected chi connectivity index (χ2v) is 8.99. The lowest BCUT2D eigenvalue weighted by molar-refractivity contribution is -0.385. The molecule has 0 atom stereocenters. The molecule has 0 saturated heterocycles. The molecule has 2 rings (SSSR count). The van der Waals surface area contributed by atoms with Gasteiger partial charge in [-0.15, -0.1) is 0 Å². The summed E-state index contributed by atoms with van der Waals surface area (Å²) in [5.74, 6) is -1.69. The molecule has 0 unspecified atom stereocenters. The maximum absolute atomic E-state index is 13.0. The van der Waals surface area contributed by atoms with Crippen molar-refractivity contribution in [3.8, 4) is 11.5 Å². The Balaban J connectivity index is 2.31. The third kappa shape index (κ3) is 6.47. The van der Waals surface area contributed by atoms with Gasteiger partial charge in [-0.3, -0.25) is 25.0 Å². The lowest BCUT2D eigenvalue weighted by Crippen LogP contribution is -2.35. The van der Waals surface area contributed by atoms with Crippen molar-refractivity contribution in [3.63, 3.8) is 0 Å². The van der Waals surface area contributed by atoms with Crippen molar-refractivity contribution < 1.29 is 28.3 Å². The fourth-order valence-corrected chi connectivity index (χ4v) is 3.47. The van der Waals surface area contributed by atoms with Gasteiger partial charge in [-0.25, -0.2) is 9.65 Å². The molecule has 1 N–H and O–H groups in total. The number of halogens is 3. The molecule has 0 radical (unpaired) electrons. The largest absolute Gasteiger partial charge is 0.544 e. The Kier molecular flexibility index (Phi) is 6.91. The molecule has 29 heavy (non-hydrogen) atoms. The van der Waals surface area contributed by atoms with Crippen molar-refractivity contribution in [1.29, 1.82) is 0 Å². The van der Waals surface area contributed by atoms with Crippen molar-refractivity contribution >= 4 is 59.8 Å². The smallest absolute Gasteiger partial charge is 0.400 e. The van der Waals surface area contributed by atoms with Crippen LogP contribution in [0.3, 0.4) is 0 Å². The average Bonchev–Trinajstić information content (AvgIpc) is 2.61. The molecule has 0 spiro atoms. The summed E-state index contributed by atoms with van der Waals surface area (Å²) in [6.07, 6.45) is 0. The van der Waals surface area contributed by atoms with Gasteiger partial charge in [-0.05, 0) is 24.3 Å². The van der Waals surface area contributed by atoms with Crippen LogP contribution in [0.25, 0.3) is 0 Å². The Morgan fingerprint density at radius 1 is 0.862 bits per heavy atom. The topological polar surface area (TPSA) is 151 Å². The van der Waals surface area contributed by atoms with Crippen LogP contribution < -0.4 is 14.1 Å². The van der Waals surface area contributed by atoms with Crippen LogP contribution in [-0.2, 0) is 9.36 Å². The molecule has 2 aromatic carbocycles. The standard InChI is InChI=1S/C14H9Cl3N3O8P/c15-14(16,17)13(21)18-29(26,27-11-5-1-9(2-6-11)19(22)23)28-12-7-3-10(4-8-12)20(24)25/h1-8H,(H,18,21,26). The van der Waals surface area contributed by atoms with E-state index >= 15 is 0 Å². The van der Waals surface area contributed by atoms with E-state index in [9.17, 15) is 29.6 Å². The number of benzene rings is 2. The number of nitro groups is 2. The molecular weight excluding hydrogens is 476 g/mol. The van der Waals surface area contributed by atoms with Gasteiger partial charge in [0, 0.05) is 24.3 Å². The lowest BCUT2D eigenvalue weighted by atomic mass is 10.3. The van der Waals surface area contributed by atoms with Crippen molar-refractivity contribution in [2.24, 2.45) is 0 Å². The highest BCUT2D eigenvalue weighted by Crippen LogP contribution is 2.46. The number of rotatable bonds is 7. The monoisotopic (exact) mass is 483 g/mol. The summed E-state index contributed by atoms with van der Waals surface area (Å²) in [4.78, 5) is 32.0. The number of carbonyl (C=O) groups excluding carboxylic acids is 1. The van der Waals surface area contributed by atoms with Crippen LogP contribution in [0.4, 0.5) is 11.4 Å². The predicted molar refractivity (Wildman–Crippen MR) is 103 cm³/mol. The first-order chi connectivity index (χ1) is 13.4. The fourth-order valence-electron chi connectivity index (χ4n) is 1.79. The Morgan fingerprint density at radius 3 is 1.48 bits per heavy atom. The normalized spacial score (nSPS) is 11.4. The van der Waals surface area contributed by atoms with E-state index in [1.165, 1.54) is 0 Å². The number of nitrogens with zero attached hydrogens (tertiary/aromatic N) is 2. The highest BCUT2D eigenvalue weighted by Gasteiger charge is 2.40. The van der Waals surface area contributed by atoms with Crippen molar-refractivity contribution in [1.82, 2.24) is 5.09 Å². The first-order valence-corrected chi connectivity index (χ1v) is 9.95. The van der Waals surface area contributed by atoms with E-state index in [1.54, 1.807) is 0 Å². The Bertz CT molecular complexity index is 916. The minimum Gasteiger partial charge on any atom is -0.400 e. The Hall–Kier alpha value is -2.59. The summed E-state index contributed by atoms with van der Waals surface area (Å²) in [7, 11) is -4.59. The molecule has 0 aliphatic heterocycles. The van der Waals surface area contributed by atoms with Gasteiger partial charge in [-0.2, -0.15) is 0 Å². The average molecular weight is 485 g/mol.